The summed E-state index contributed by atoms with van der Waals surface area (Å²) >= 11 is 0. The molecule has 0 saturated carbocycles. The summed E-state index contributed by atoms with van der Waals surface area (Å²) < 4.78 is 18.2. The molecule has 2 aromatic carbocycles. The lowest BCUT2D eigenvalue weighted by Gasteiger charge is -2.07. The van der Waals surface area contributed by atoms with E-state index in [9.17, 15) is 14.0 Å². The predicted octanol–water partition coefficient (Wildman–Crippen LogP) is 2.86. The zero-order valence-electron chi connectivity index (χ0n) is 12.1. The third kappa shape index (κ3) is 4.70. The largest absolute Gasteiger partial charge is 0.455 e. The minimum absolute atomic E-state index is 0.0575. The minimum Gasteiger partial charge on any atom is -0.455 e. The van der Waals surface area contributed by atoms with Crippen LogP contribution in [0, 0.1) is 12.7 Å². The van der Waals surface area contributed by atoms with Crippen LogP contribution in [0.3, 0.4) is 0 Å². The van der Waals surface area contributed by atoms with E-state index >= 15 is 0 Å². The molecule has 0 aliphatic carbocycles. The number of benzene rings is 2. The van der Waals surface area contributed by atoms with Crippen molar-refractivity contribution in [2.75, 3.05) is 11.9 Å². The second-order valence-corrected chi connectivity index (χ2v) is 4.85. The van der Waals surface area contributed by atoms with Gasteiger partial charge < -0.3 is 10.1 Å². The predicted molar refractivity (Wildman–Crippen MR) is 80.9 cm³/mol. The Morgan fingerprint density at radius 1 is 1.09 bits per heavy atom. The van der Waals surface area contributed by atoms with Crippen LogP contribution in [0.15, 0.2) is 48.5 Å². The molecule has 0 radical (unpaired) electrons. The molecule has 0 unspecified atom stereocenters. The number of hydrogen-bond acceptors (Lipinski definition) is 3. The molecule has 22 heavy (non-hydrogen) atoms. The fourth-order valence-electron chi connectivity index (χ4n) is 1.82. The Balaban J connectivity index is 1.79. The van der Waals surface area contributed by atoms with E-state index < -0.39 is 24.3 Å². The molecule has 114 valence electrons. The van der Waals surface area contributed by atoms with Crippen molar-refractivity contribution < 1.29 is 18.7 Å². The maximum atomic E-state index is 13.3. The zero-order chi connectivity index (χ0) is 15.9. The molecule has 2 aromatic rings. The highest BCUT2D eigenvalue weighted by Crippen LogP contribution is 2.12. The first-order chi connectivity index (χ1) is 10.5. The van der Waals surface area contributed by atoms with Crippen molar-refractivity contribution >= 4 is 17.6 Å². The quantitative estimate of drug-likeness (QED) is 0.864. The van der Waals surface area contributed by atoms with Crippen LogP contribution in [0.4, 0.5) is 10.1 Å². The molecule has 1 N–H and O–H groups in total. The van der Waals surface area contributed by atoms with Crippen molar-refractivity contribution in [1.29, 1.82) is 0 Å². The average molecular weight is 301 g/mol. The van der Waals surface area contributed by atoms with Crippen LogP contribution in [0.25, 0.3) is 0 Å². The summed E-state index contributed by atoms with van der Waals surface area (Å²) in [7, 11) is 0. The molecule has 0 aliphatic heterocycles. The number of esters is 1. The molecule has 1 amide bonds. The van der Waals surface area contributed by atoms with Gasteiger partial charge >= 0.3 is 5.97 Å². The number of nitrogens with one attached hydrogen (secondary N) is 1. The number of halogens is 1. The maximum absolute atomic E-state index is 13.3. The molecule has 0 aromatic heterocycles. The third-order valence-electron chi connectivity index (χ3n) is 2.98. The second kappa shape index (κ2) is 7.36. The van der Waals surface area contributed by atoms with E-state index in [-0.39, 0.29) is 12.1 Å². The third-order valence-corrected chi connectivity index (χ3v) is 2.98. The average Bonchev–Trinajstić information content (AvgIpc) is 2.50. The lowest BCUT2D eigenvalue weighted by molar-refractivity contribution is -0.146. The first-order valence-electron chi connectivity index (χ1n) is 6.80. The monoisotopic (exact) mass is 301 g/mol. The number of aryl methyl sites for hydroxylation is 1. The van der Waals surface area contributed by atoms with E-state index in [0.29, 0.717) is 0 Å². The number of carbonyl (C=O) groups is 2. The van der Waals surface area contributed by atoms with Gasteiger partial charge in [0.2, 0.25) is 0 Å². The van der Waals surface area contributed by atoms with Gasteiger partial charge in [-0.2, -0.15) is 0 Å². The topological polar surface area (TPSA) is 55.4 Å². The molecule has 4 nitrogen and oxygen atoms in total. The molecule has 0 saturated heterocycles. The number of carbonyl (C=O) groups excluding carboxylic acids is 2. The normalized spacial score (nSPS) is 10.1. The molecular weight excluding hydrogens is 285 g/mol. The fraction of sp³-hybridized carbons (Fsp3) is 0.176. The number of ether oxygens (including phenoxy) is 1. The van der Waals surface area contributed by atoms with E-state index in [1.807, 2.05) is 31.2 Å². The van der Waals surface area contributed by atoms with Crippen LogP contribution in [-0.4, -0.2) is 18.5 Å². The van der Waals surface area contributed by atoms with Crippen LogP contribution < -0.4 is 5.32 Å². The fourth-order valence-corrected chi connectivity index (χ4v) is 1.82. The summed E-state index contributed by atoms with van der Waals surface area (Å²) in [4.78, 5) is 23.3. The zero-order valence-corrected chi connectivity index (χ0v) is 12.1. The van der Waals surface area contributed by atoms with Crippen LogP contribution in [0.2, 0.25) is 0 Å². The van der Waals surface area contributed by atoms with E-state index in [4.69, 9.17) is 4.74 Å². The van der Waals surface area contributed by atoms with Gasteiger partial charge in [-0.15, -0.1) is 0 Å². The maximum Gasteiger partial charge on any atom is 0.310 e. The van der Waals surface area contributed by atoms with Crippen molar-refractivity contribution in [3.8, 4) is 0 Å². The van der Waals surface area contributed by atoms with Crippen LogP contribution in [-0.2, 0) is 20.7 Å². The highest BCUT2D eigenvalue weighted by atomic mass is 19.1. The Labute approximate surface area is 127 Å². The lowest BCUT2D eigenvalue weighted by Crippen LogP contribution is -2.22. The summed E-state index contributed by atoms with van der Waals surface area (Å²) in [5.41, 5.74) is 1.97. The first kappa shape index (κ1) is 15.7. The standard InChI is InChI=1S/C17H16FNO3/c1-12-6-8-13(9-7-12)10-17(21)22-11-16(20)19-15-5-3-2-4-14(15)18/h2-9H,10-11H2,1H3,(H,19,20). The molecule has 5 heteroatoms. The van der Waals surface area contributed by atoms with Gasteiger partial charge in [-0.3, -0.25) is 9.59 Å². The van der Waals surface area contributed by atoms with E-state index in [2.05, 4.69) is 5.32 Å². The molecule has 0 aliphatic rings. The van der Waals surface area contributed by atoms with E-state index in [1.54, 1.807) is 6.07 Å². The Bertz CT molecular complexity index is 668. The Hall–Kier alpha value is -2.69. The highest BCUT2D eigenvalue weighted by Gasteiger charge is 2.10. The van der Waals surface area contributed by atoms with Gasteiger partial charge in [-0.25, -0.2) is 4.39 Å². The second-order valence-electron chi connectivity index (χ2n) is 4.85. The van der Waals surface area contributed by atoms with Gasteiger partial charge in [0.1, 0.15) is 5.82 Å². The first-order valence-corrected chi connectivity index (χ1v) is 6.80. The highest BCUT2D eigenvalue weighted by molar-refractivity contribution is 5.93. The van der Waals surface area contributed by atoms with Crippen LogP contribution in [0.1, 0.15) is 11.1 Å². The summed E-state index contributed by atoms with van der Waals surface area (Å²) in [6.45, 7) is 1.51. The van der Waals surface area contributed by atoms with Crippen molar-refractivity contribution in [3.63, 3.8) is 0 Å². The molecule has 0 fully saturated rings. The minimum atomic E-state index is -0.581. The SMILES string of the molecule is Cc1ccc(CC(=O)OCC(=O)Nc2ccccc2F)cc1. The van der Waals surface area contributed by atoms with Crippen molar-refractivity contribution in [3.05, 3.63) is 65.5 Å². The van der Waals surface area contributed by atoms with Gasteiger partial charge in [0.15, 0.2) is 6.61 Å². The number of para-hydroxylation sites is 1. The van der Waals surface area contributed by atoms with Gasteiger partial charge in [0.25, 0.3) is 5.91 Å². The molecule has 0 atom stereocenters. The Morgan fingerprint density at radius 2 is 1.77 bits per heavy atom. The van der Waals surface area contributed by atoms with Crippen molar-refractivity contribution in [2.45, 2.75) is 13.3 Å². The molecule has 0 heterocycles. The van der Waals surface area contributed by atoms with E-state index in [0.717, 1.165) is 11.1 Å². The smallest absolute Gasteiger partial charge is 0.310 e. The van der Waals surface area contributed by atoms with Crippen LogP contribution in [0.5, 0.6) is 0 Å². The Morgan fingerprint density at radius 3 is 2.45 bits per heavy atom. The summed E-state index contributed by atoms with van der Waals surface area (Å²) in [6, 6.07) is 13.2. The summed E-state index contributed by atoms with van der Waals surface area (Å²) in [5, 5.41) is 2.35. The number of amides is 1. The van der Waals surface area contributed by atoms with E-state index in [1.165, 1.54) is 18.2 Å². The van der Waals surface area contributed by atoms with Gasteiger partial charge in [0, 0.05) is 0 Å². The molecular formula is C17H16FNO3. The molecule has 0 spiro atoms. The van der Waals surface area contributed by atoms with Gasteiger partial charge in [-0.1, -0.05) is 42.0 Å². The summed E-state index contributed by atoms with van der Waals surface area (Å²) in [5.74, 6) is -1.63. The van der Waals surface area contributed by atoms with Crippen LogP contribution >= 0.6 is 0 Å². The van der Waals surface area contributed by atoms with Crippen molar-refractivity contribution in [1.82, 2.24) is 0 Å². The molecule has 2 rings (SSSR count). The van der Waals surface area contributed by atoms with Gasteiger partial charge in [-0.05, 0) is 24.6 Å². The summed E-state index contributed by atoms with van der Waals surface area (Å²) in [6.07, 6.45) is 0.0905. The number of anilines is 1. The number of rotatable bonds is 5. The number of hydrogen-bond donors (Lipinski definition) is 1. The van der Waals surface area contributed by atoms with Crippen molar-refractivity contribution in [2.24, 2.45) is 0 Å². The van der Waals surface area contributed by atoms with Gasteiger partial charge in [0.05, 0.1) is 12.1 Å². The molecule has 0 bridgehead atoms. The lowest BCUT2D eigenvalue weighted by atomic mass is 10.1. The Kier molecular flexibility index (Phi) is 5.25.